The largest absolute Gasteiger partial charge is 0.329 e. The third-order valence-corrected chi connectivity index (χ3v) is 4.22. The van der Waals surface area contributed by atoms with Crippen molar-refractivity contribution in [3.63, 3.8) is 0 Å². The second-order valence-electron chi connectivity index (χ2n) is 4.53. The van der Waals surface area contributed by atoms with Crippen LogP contribution in [0.4, 0.5) is 0 Å². The van der Waals surface area contributed by atoms with Gasteiger partial charge in [0.15, 0.2) is 0 Å². The van der Waals surface area contributed by atoms with E-state index in [9.17, 15) is 4.89 Å². The lowest BCUT2D eigenvalue weighted by atomic mass is 9.95. The van der Waals surface area contributed by atoms with Gasteiger partial charge in [0.2, 0.25) is 0 Å². The predicted molar refractivity (Wildman–Crippen MR) is 82.0 cm³/mol. The molecule has 0 saturated heterocycles. The average molecular weight is 343 g/mol. The molecule has 0 aliphatic heterocycles. The van der Waals surface area contributed by atoms with Gasteiger partial charge in [0.1, 0.15) is 0 Å². The van der Waals surface area contributed by atoms with Crippen LogP contribution in [0.5, 0.6) is 0 Å². The summed E-state index contributed by atoms with van der Waals surface area (Å²) in [4.78, 5) is 9.53. The van der Waals surface area contributed by atoms with Gasteiger partial charge in [-0.3, -0.25) is 0 Å². The molecule has 0 saturated carbocycles. The van der Waals surface area contributed by atoms with Gasteiger partial charge in [-0.25, -0.2) is 0 Å². The lowest BCUT2D eigenvalue weighted by molar-refractivity contribution is 0.184. The predicted octanol–water partition coefficient (Wildman–Crippen LogP) is 5.02. The summed E-state index contributed by atoms with van der Waals surface area (Å²) in [6.07, 6.45) is 8.02. The zero-order valence-corrected chi connectivity index (χ0v) is 14.2. The lowest BCUT2D eigenvalue weighted by Crippen LogP contribution is -2.04. The summed E-state index contributed by atoms with van der Waals surface area (Å²) in [7, 11) is -1.66. The molecule has 110 valence electrons. The van der Waals surface area contributed by atoms with Crippen LogP contribution in [0.25, 0.3) is 0 Å². The number of halogens is 1. The molecule has 0 aliphatic rings. The lowest BCUT2D eigenvalue weighted by Gasteiger charge is -2.16. The van der Waals surface area contributed by atoms with Gasteiger partial charge in [0.05, 0.1) is 13.2 Å². The van der Waals surface area contributed by atoms with Crippen molar-refractivity contribution < 1.29 is 13.9 Å². The molecule has 0 heterocycles. The van der Waals surface area contributed by atoms with E-state index in [4.69, 9.17) is 9.05 Å². The van der Waals surface area contributed by atoms with Crippen LogP contribution < -0.4 is 0 Å². The van der Waals surface area contributed by atoms with Gasteiger partial charge in [0.25, 0.3) is 0 Å². The summed E-state index contributed by atoms with van der Waals surface area (Å²) in [5, 5.41) is 0.982. The summed E-state index contributed by atoms with van der Waals surface area (Å²) in [5.74, 6) is 0.733. The molecule has 5 heteroatoms. The van der Waals surface area contributed by atoms with Crippen molar-refractivity contribution in [1.82, 2.24) is 0 Å². The molecule has 0 bridgehead atoms. The molecule has 3 nitrogen and oxygen atoms in total. The van der Waals surface area contributed by atoms with Crippen LogP contribution in [0, 0.1) is 5.92 Å². The van der Waals surface area contributed by atoms with Crippen LogP contribution >= 0.6 is 24.5 Å². The maximum absolute atomic E-state index is 9.53. The van der Waals surface area contributed by atoms with E-state index in [0.717, 1.165) is 30.5 Å². The fourth-order valence-electron chi connectivity index (χ4n) is 1.92. The number of alkyl halides is 1. The van der Waals surface area contributed by atoms with Gasteiger partial charge in [-0.15, -0.1) is 0 Å². The van der Waals surface area contributed by atoms with E-state index in [0.29, 0.717) is 13.2 Å². The van der Waals surface area contributed by atoms with Crippen molar-refractivity contribution in [2.24, 2.45) is 5.92 Å². The third kappa shape index (κ3) is 11.9. The Morgan fingerprint density at radius 3 is 2.17 bits per heavy atom. The van der Waals surface area contributed by atoms with Crippen LogP contribution in [0.2, 0.25) is 0 Å². The monoisotopic (exact) mass is 342 g/mol. The topological polar surface area (TPSA) is 38.7 Å². The van der Waals surface area contributed by atoms with Crippen LogP contribution in [-0.4, -0.2) is 23.4 Å². The fraction of sp³-hybridized carbons (Fsp3) is 1.00. The molecule has 0 spiro atoms. The van der Waals surface area contributed by atoms with E-state index in [2.05, 4.69) is 29.8 Å². The van der Waals surface area contributed by atoms with Gasteiger partial charge in [-0.2, -0.15) is 0 Å². The van der Waals surface area contributed by atoms with Crippen LogP contribution in [-0.2, 0) is 9.05 Å². The Balaban J connectivity index is 3.48. The smallest absolute Gasteiger partial charge is 0.328 e. The van der Waals surface area contributed by atoms with Gasteiger partial charge in [-0.1, -0.05) is 55.5 Å². The van der Waals surface area contributed by atoms with E-state index in [1.54, 1.807) is 0 Å². The highest BCUT2D eigenvalue weighted by Gasteiger charge is 2.10. The Hall–Kier alpha value is 0.790. The minimum atomic E-state index is -1.66. The fourth-order valence-corrected chi connectivity index (χ4v) is 2.94. The minimum absolute atomic E-state index is 0.584. The average Bonchev–Trinajstić information content (AvgIpc) is 2.35. The first kappa shape index (κ1) is 18.8. The molecule has 0 aromatic rings. The standard InChI is InChI=1S/C13H28BrO3P/c1-3-7-13(8-4-2)9-12-17-18(15)16-11-6-5-10-14/h13,15H,3-12H2,1-2H3. The maximum Gasteiger partial charge on any atom is 0.329 e. The highest BCUT2D eigenvalue weighted by atomic mass is 79.9. The molecule has 0 aromatic heterocycles. The van der Waals surface area contributed by atoms with Crippen molar-refractivity contribution >= 4 is 24.5 Å². The summed E-state index contributed by atoms with van der Waals surface area (Å²) >= 11 is 3.36. The molecule has 18 heavy (non-hydrogen) atoms. The Bertz CT molecular complexity index is 166. The van der Waals surface area contributed by atoms with Gasteiger partial charge in [0, 0.05) is 5.33 Å². The van der Waals surface area contributed by atoms with Gasteiger partial charge >= 0.3 is 8.60 Å². The minimum Gasteiger partial charge on any atom is -0.328 e. The number of rotatable bonds is 13. The van der Waals surface area contributed by atoms with E-state index in [1.165, 1.54) is 25.7 Å². The van der Waals surface area contributed by atoms with E-state index >= 15 is 0 Å². The number of unbranched alkanes of at least 4 members (excludes halogenated alkanes) is 1. The SMILES string of the molecule is CCCC(CCC)CCOP(O)OCCCCBr. The quantitative estimate of drug-likeness (QED) is 0.290. The zero-order valence-electron chi connectivity index (χ0n) is 11.7. The van der Waals surface area contributed by atoms with E-state index in [-0.39, 0.29) is 0 Å². The van der Waals surface area contributed by atoms with E-state index < -0.39 is 8.60 Å². The Morgan fingerprint density at radius 1 is 1.00 bits per heavy atom. The van der Waals surface area contributed by atoms with Crippen LogP contribution in [0.15, 0.2) is 0 Å². The summed E-state index contributed by atoms with van der Waals surface area (Å²) in [5.41, 5.74) is 0. The van der Waals surface area contributed by atoms with Crippen LogP contribution in [0.1, 0.15) is 58.8 Å². The molecule has 0 aliphatic carbocycles. The highest BCUT2D eigenvalue weighted by Crippen LogP contribution is 2.33. The molecule has 0 amide bonds. The molecule has 0 rings (SSSR count). The summed E-state index contributed by atoms with van der Waals surface area (Å²) in [6.45, 7) is 5.64. The first-order valence-electron chi connectivity index (χ1n) is 7.05. The Labute approximate surface area is 122 Å². The van der Waals surface area contributed by atoms with Crippen molar-refractivity contribution in [3.8, 4) is 0 Å². The molecular weight excluding hydrogens is 315 g/mol. The summed E-state index contributed by atoms with van der Waals surface area (Å²) < 4.78 is 10.6. The first-order chi connectivity index (χ1) is 8.74. The van der Waals surface area contributed by atoms with Crippen molar-refractivity contribution in [2.75, 3.05) is 18.5 Å². The number of hydrogen-bond acceptors (Lipinski definition) is 3. The molecule has 1 unspecified atom stereocenters. The van der Waals surface area contributed by atoms with Crippen molar-refractivity contribution in [2.45, 2.75) is 58.8 Å². The Kier molecular flexibility index (Phi) is 14.8. The Morgan fingerprint density at radius 2 is 1.61 bits per heavy atom. The highest BCUT2D eigenvalue weighted by molar-refractivity contribution is 9.09. The van der Waals surface area contributed by atoms with E-state index in [1.807, 2.05) is 0 Å². The molecule has 1 atom stereocenters. The molecule has 0 aromatic carbocycles. The second-order valence-corrected chi connectivity index (χ2v) is 6.32. The second kappa shape index (κ2) is 14.2. The van der Waals surface area contributed by atoms with Crippen LogP contribution in [0.3, 0.4) is 0 Å². The first-order valence-corrected chi connectivity index (χ1v) is 9.30. The number of hydrogen-bond donors (Lipinski definition) is 1. The third-order valence-electron chi connectivity index (χ3n) is 2.85. The normalized spacial score (nSPS) is 13.2. The summed E-state index contributed by atoms with van der Waals surface area (Å²) in [6, 6.07) is 0. The van der Waals surface area contributed by atoms with Gasteiger partial charge in [-0.05, 0) is 25.2 Å². The molecule has 1 N–H and O–H groups in total. The molecule has 0 fully saturated rings. The van der Waals surface area contributed by atoms with Gasteiger partial charge < -0.3 is 13.9 Å². The maximum atomic E-state index is 9.53. The van der Waals surface area contributed by atoms with Crippen molar-refractivity contribution in [1.29, 1.82) is 0 Å². The van der Waals surface area contributed by atoms with Crippen molar-refractivity contribution in [3.05, 3.63) is 0 Å². The molecular formula is C13H28BrO3P. The zero-order chi connectivity index (χ0) is 13.6. The molecule has 0 radical (unpaired) electrons.